The molecule has 1 heterocycles. The smallest absolute Gasteiger partial charge is 0.0653 e. The predicted octanol–water partition coefficient (Wildman–Crippen LogP) is 3.06. The van der Waals surface area contributed by atoms with Gasteiger partial charge in [-0.05, 0) is 38.1 Å². The summed E-state index contributed by atoms with van der Waals surface area (Å²) in [5, 5.41) is 3.65. The van der Waals surface area contributed by atoms with E-state index in [2.05, 4.69) is 43.0 Å². The first-order valence-electron chi connectivity index (χ1n) is 7.20. The Morgan fingerprint density at radius 2 is 1.89 bits per heavy atom. The van der Waals surface area contributed by atoms with Crippen molar-refractivity contribution in [1.82, 2.24) is 15.3 Å². The van der Waals surface area contributed by atoms with E-state index in [1.165, 1.54) is 25.0 Å². The first-order chi connectivity index (χ1) is 8.69. The summed E-state index contributed by atoms with van der Waals surface area (Å²) in [4.78, 5) is 9.00. The van der Waals surface area contributed by atoms with Gasteiger partial charge in [0.25, 0.3) is 0 Å². The topological polar surface area (TPSA) is 37.8 Å². The molecular weight excluding hydrogens is 222 g/mol. The van der Waals surface area contributed by atoms with Gasteiger partial charge < -0.3 is 5.32 Å². The van der Waals surface area contributed by atoms with Gasteiger partial charge in [-0.2, -0.15) is 0 Å². The fourth-order valence-corrected chi connectivity index (χ4v) is 3.70. The predicted molar refractivity (Wildman–Crippen MR) is 74.6 cm³/mol. The second-order valence-electron chi connectivity index (χ2n) is 5.37. The number of nitrogens with one attached hydrogen (secondary N) is 1. The van der Waals surface area contributed by atoms with Crippen molar-refractivity contribution in [2.75, 3.05) is 6.54 Å². The summed E-state index contributed by atoms with van der Waals surface area (Å²) >= 11 is 0. The number of hydrogen-bond donors (Lipinski definition) is 1. The van der Waals surface area contributed by atoms with Crippen molar-refractivity contribution < 1.29 is 0 Å². The molecule has 1 aliphatic rings. The van der Waals surface area contributed by atoms with Gasteiger partial charge in [0.05, 0.1) is 11.4 Å². The number of aromatic nitrogens is 2. The van der Waals surface area contributed by atoms with Crippen LogP contribution in [0.5, 0.6) is 0 Å². The minimum Gasteiger partial charge on any atom is -0.314 e. The molecule has 0 spiro atoms. The molecule has 2 unspecified atom stereocenters. The average molecular weight is 247 g/mol. The summed E-state index contributed by atoms with van der Waals surface area (Å²) in [7, 11) is 0. The Balaban J connectivity index is 2.28. The van der Waals surface area contributed by atoms with E-state index in [-0.39, 0.29) is 0 Å². The SMILES string of the molecule is CCNC1CC(c2nccnc2C)C1(CC)CC. The lowest BCUT2D eigenvalue weighted by Crippen LogP contribution is -2.58. The molecule has 3 heteroatoms. The highest BCUT2D eigenvalue weighted by atomic mass is 15.0. The molecule has 1 aromatic rings. The molecule has 0 aromatic carbocycles. The van der Waals surface area contributed by atoms with Crippen LogP contribution in [-0.4, -0.2) is 22.6 Å². The lowest BCUT2D eigenvalue weighted by atomic mass is 9.52. The molecule has 1 aliphatic carbocycles. The maximum atomic E-state index is 4.60. The third kappa shape index (κ3) is 1.95. The minimum absolute atomic E-state index is 0.372. The summed E-state index contributed by atoms with van der Waals surface area (Å²) in [6, 6.07) is 0.643. The van der Waals surface area contributed by atoms with Crippen LogP contribution in [0.4, 0.5) is 0 Å². The zero-order valence-electron chi connectivity index (χ0n) is 12.0. The monoisotopic (exact) mass is 247 g/mol. The van der Waals surface area contributed by atoms with Gasteiger partial charge in [-0.25, -0.2) is 0 Å². The molecule has 0 amide bonds. The number of rotatable bonds is 5. The van der Waals surface area contributed by atoms with E-state index in [1.54, 1.807) is 6.20 Å². The Labute approximate surface area is 110 Å². The van der Waals surface area contributed by atoms with Gasteiger partial charge in [0, 0.05) is 24.4 Å². The van der Waals surface area contributed by atoms with Crippen molar-refractivity contribution >= 4 is 0 Å². The Bertz CT molecular complexity index is 398. The molecule has 1 N–H and O–H groups in total. The van der Waals surface area contributed by atoms with Gasteiger partial charge >= 0.3 is 0 Å². The molecule has 18 heavy (non-hydrogen) atoms. The van der Waals surface area contributed by atoms with Crippen LogP contribution in [0.3, 0.4) is 0 Å². The Morgan fingerprint density at radius 3 is 2.44 bits per heavy atom. The van der Waals surface area contributed by atoms with E-state index in [9.17, 15) is 0 Å². The molecule has 1 saturated carbocycles. The second kappa shape index (κ2) is 5.35. The Kier molecular flexibility index (Phi) is 4.00. The van der Waals surface area contributed by atoms with Gasteiger partial charge in [0.1, 0.15) is 0 Å². The average Bonchev–Trinajstić information content (AvgIpc) is 2.37. The van der Waals surface area contributed by atoms with Crippen LogP contribution >= 0.6 is 0 Å². The lowest BCUT2D eigenvalue weighted by molar-refractivity contribution is 0.0183. The van der Waals surface area contributed by atoms with Crippen molar-refractivity contribution in [3.8, 4) is 0 Å². The molecule has 0 radical (unpaired) electrons. The standard InChI is InChI=1S/C15H25N3/c1-5-15(6-2)12(10-13(15)16-7-3)14-11(4)17-8-9-18-14/h8-9,12-13,16H,5-7,10H2,1-4H3. The molecule has 0 saturated heterocycles. The van der Waals surface area contributed by atoms with Crippen molar-refractivity contribution in [3.63, 3.8) is 0 Å². The van der Waals surface area contributed by atoms with Gasteiger partial charge in [0.2, 0.25) is 0 Å². The van der Waals surface area contributed by atoms with Gasteiger partial charge in [-0.3, -0.25) is 9.97 Å². The molecule has 1 fully saturated rings. The van der Waals surface area contributed by atoms with E-state index in [0.29, 0.717) is 17.4 Å². The number of aryl methyl sites for hydroxylation is 1. The van der Waals surface area contributed by atoms with E-state index < -0.39 is 0 Å². The zero-order valence-corrected chi connectivity index (χ0v) is 12.0. The summed E-state index contributed by atoms with van der Waals surface area (Å²) in [6.07, 6.45) is 7.25. The lowest BCUT2D eigenvalue weighted by Gasteiger charge is -2.56. The summed E-state index contributed by atoms with van der Waals surface area (Å²) in [5.41, 5.74) is 2.69. The molecule has 0 aliphatic heterocycles. The van der Waals surface area contributed by atoms with E-state index in [0.717, 1.165) is 12.2 Å². The molecular formula is C15H25N3. The highest BCUT2D eigenvalue weighted by Gasteiger charge is 2.53. The van der Waals surface area contributed by atoms with Crippen LogP contribution in [0.15, 0.2) is 12.4 Å². The summed E-state index contributed by atoms with van der Waals surface area (Å²) < 4.78 is 0. The maximum Gasteiger partial charge on any atom is 0.0653 e. The summed E-state index contributed by atoms with van der Waals surface area (Å²) in [6.45, 7) is 9.95. The maximum absolute atomic E-state index is 4.60. The van der Waals surface area contributed by atoms with Crippen LogP contribution < -0.4 is 5.32 Å². The largest absolute Gasteiger partial charge is 0.314 e. The van der Waals surface area contributed by atoms with Crippen LogP contribution in [0.25, 0.3) is 0 Å². The van der Waals surface area contributed by atoms with E-state index in [4.69, 9.17) is 0 Å². The number of hydrogen-bond acceptors (Lipinski definition) is 3. The van der Waals surface area contributed by atoms with Crippen molar-refractivity contribution in [2.24, 2.45) is 5.41 Å². The van der Waals surface area contributed by atoms with Crippen LogP contribution in [0.1, 0.15) is 57.3 Å². The van der Waals surface area contributed by atoms with Gasteiger partial charge in [0.15, 0.2) is 0 Å². The molecule has 3 nitrogen and oxygen atoms in total. The minimum atomic E-state index is 0.372. The summed E-state index contributed by atoms with van der Waals surface area (Å²) in [5.74, 6) is 0.574. The third-order valence-electron chi connectivity index (χ3n) is 4.88. The van der Waals surface area contributed by atoms with E-state index in [1.807, 2.05) is 6.20 Å². The highest BCUT2D eigenvalue weighted by molar-refractivity contribution is 5.25. The van der Waals surface area contributed by atoms with Crippen molar-refractivity contribution in [3.05, 3.63) is 23.8 Å². The fourth-order valence-electron chi connectivity index (χ4n) is 3.70. The fraction of sp³-hybridized carbons (Fsp3) is 0.733. The first kappa shape index (κ1) is 13.5. The third-order valence-corrected chi connectivity index (χ3v) is 4.88. The number of nitrogens with zero attached hydrogens (tertiary/aromatic N) is 2. The zero-order chi connectivity index (χ0) is 13.2. The van der Waals surface area contributed by atoms with Gasteiger partial charge in [-0.15, -0.1) is 0 Å². The second-order valence-corrected chi connectivity index (χ2v) is 5.37. The van der Waals surface area contributed by atoms with Crippen LogP contribution in [0, 0.1) is 12.3 Å². The van der Waals surface area contributed by atoms with Crippen molar-refractivity contribution in [1.29, 1.82) is 0 Å². The molecule has 0 bridgehead atoms. The van der Waals surface area contributed by atoms with Crippen LogP contribution in [-0.2, 0) is 0 Å². The Morgan fingerprint density at radius 1 is 1.22 bits per heavy atom. The van der Waals surface area contributed by atoms with Crippen molar-refractivity contribution in [2.45, 2.75) is 58.9 Å². The Hall–Kier alpha value is -0.960. The van der Waals surface area contributed by atoms with Gasteiger partial charge in [-0.1, -0.05) is 20.8 Å². The van der Waals surface area contributed by atoms with E-state index >= 15 is 0 Å². The highest BCUT2D eigenvalue weighted by Crippen LogP contribution is 2.57. The molecule has 2 rings (SSSR count). The van der Waals surface area contributed by atoms with Crippen LogP contribution in [0.2, 0.25) is 0 Å². The molecule has 2 atom stereocenters. The first-order valence-corrected chi connectivity index (χ1v) is 7.20. The molecule has 100 valence electrons. The quantitative estimate of drug-likeness (QED) is 0.869. The normalized spacial score (nSPS) is 25.8. The molecule has 1 aromatic heterocycles.